The number of H-pyrrole nitrogens is 1. The van der Waals surface area contributed by atoms with Crippen LogP contribution in [0, 0.1) is 0 Å². The number of benzene rings is 1. The predicted octanol–water partition coefficient (Wildman–Crippen LogP) is 3.19. The van der Waals surface area contributed by atoms with Crippen LogP contribution in [0.5, 0.6) is 0 Å². The lowest BCUT2D eigenvalue weighted by atomic mass is 10.3. The van der Waals surface area contributed by atoms with Gasteiger partial charge in [-0.1, -0.05) is 23.2 Å². The van der Waals surface area contributed by atoms with E-state index in [0.717, 1.165) is 0 Å². The van der Waals surface area contributed by atoms with Gasteiger partial charge in [-0.25, -0.2) is 4.79 Å². The molecule has 1 aromatic carbocycles. The summed E-state index contributed by atoms with van der Waals surface area (Å²) >= 11 is 14.9. The van der Waals surface area contributed by atoms with E-state index < -0.39 is 5.76 Å². The zero-order chi connectivity index (χ0) is 9.59. The van der Waals surface area contributed by atoms with E-state index in [-0.39, 0.29) is 5.02 Å². The lowest BCUT2D eigenvalue weighted by Gasteiger charge is -1.97. The first-order valence-electron chi connectivity index (χ1n) is 3.26. The standard InChI is InChI=1S/C7H2BrCl2NO2/c8-2-1-3-6(5(10)4(2)9)11-7(12)13-3/h1H,(H,11,12). The molecule has 6 heteroatoms. The first kappa shape index (κ1) is 9.12. The number of rotatable bonds is 0. The van der Waals surface area contributed by atoms with Crippen LogP contribution in [0.2, 0.25) is 10.0 Å². The molecule has 0 spiro atoms. The first-order chi connectivity index (χ1) is 6.09. The van der Waals surface area contributed by atoms with Crippen LogP contribution >= 0.6 is 39.1 Å². The van der Waals surface area contributed by atoms with E-state index in [0.29, 0.717) is 20.6 Å². The Kier molecular flexibility index (Phi) is 2.14. The van der Waals surface area contributed by atoms with E-state index in [1.165, 1.54) is 0 Å². The molecule has 0 amide bonds. The van der Waals surface area contributed by atoms with E-state index in [9.17, 15) is 4.79 Å². The van der Waals surface area contributed by atoms with Crippen LogP contribution in [0.4, 0.5) is 0 Å². The van der Waals surface area contributed by atoms with Crippen LogP contribution in [0.1, 0.15) is 0 Å². The number of fused-ring (bicyclic) bond motifs is 1. The molecule has 0 bridgehead atoms. The minimum atomic E-state index is -0.550. The van der Waals surface area contributed by atoms with Crippen molar-refractivity contribution in [3.8, 4) is 0 Å². The number of hydrogen-bond donors (Lipinski definition) is 1. The second kappa shape index (κ2) is 3.04. The molecule has 2 aromatic rings. The third kappa shape index (κ3) is 1.39. The number of aromatic nitrogens is 1. The molecule has 0 fully saturated rings. The summed E-state index contributed by atoms with van der Waals surface area (Å²) in [5, 5.41) is 0.628. The van der Waals surface area contributed by atoms with E-state index >= 15 is 0 Å². The molecule has 0 aliphatic carbocycles. The summed E-state index contributed by atoms with van der Waals surface area (Å²) in [6.45, 7) is 0. The Morgan fingerprint density at radius 1 is 1.38 bits per heavy atom. The highest BCUT2D eigenvalue weighted by atomic mass is 79.9. The maximum absolute atomic E-state index is 10.8. The number of aromatic amines is 1. The predicted molar refractivity (Wildman–Crippen MR) is 54.6 cm³/mol. The summed E-state index contributed by atoms with van der Waals surface area (Å²) in [5.41, 5.74) is 0.797. The van der Waals surface area contributed by atoms with Crippen molar-refractivity contribution in [3.63, 3.8) is 0 Å². The van der Waals surface area contributed by atoms with Gasteiger partial charge in [0.25, 0.3) is 0 Å². The van der Waals surface area contributed by atoms with Crippen molar-refractivity contribution < 1.29 is 4.42 Å². The largest absolute Gasteiger partial charge is 0.417 e. The smallest absolute Gasteiger partial charge is 0.408 e. The molecule has 0 saturated heterocycles. The molecular weight excluding hydrogens is 281 g/mol. The quantitative estimate of drug-likeness (QED) is 0.755. The number of hydrogen-bond acceptors (Lipinski definition) is 2. The van der Waals surface area contributed by atoms with Crippen molar-refractivity contribution in [1.82, 2.24) is 4.98 Å². The highest BCUT2D eigenvalue weighted by molar-refractivity contribution is 9.10. The zero-order valence-corrected chi connectivity index (χ0v) is 9.13. The lowest BCUT2D eigenvalue weighted by molar-refractivity contribution is 0.555. The lowest BCUT2D eigenvalue weighted by Crippen LogP contribution is -1.93. The number of halogens is 3. The fraction of sp³-hybridized carbons (Fsp3) is 0. The maximum atomic E-state index is 10.8. The third-order valence-corrected chi connectivity index (χ3v) is 3.28. The van der Waals surface area contributed by atoms with Gasteiger partial charge in [-0.15, -0.1) is 0 Å². The summed E-state index contributed by atoms with van der Waals surface area (Å²) in [6.07, 6.45) is 0. The third-order valence-electron chi connectivity index (χ3n) is 1.56. The molecule has 0 aliphatic heterocycles. The van der Waals surface area contributed by atoms with Gasteiger partial charge in [-0.2, -0.15) is 0 Å². The molecule has 13 heavy (non-hydrogen) atoms. The van der Waals surface area contributed by atoms with Gasteiger partial charge in [0.15, 0.2) is 5.58 Å². The van der Waals surface area contributed by atoms with Gasteiger partial charge in [0.1, 0.15) is 5.52 Å². The van der Waals surface area contributed by atoms with E-state index in [1.54, 1.807) is 6.07 Å². The van der Waals surface area contributed by atoms with Crippen LogP contribution < -0.4 is 5.76 Å². The molecular formula is C7H2BrCl2NO2. The number of oxazole rings is 1. The van der Waals surface area contributed by atoms with Crippen LogP contribution in [0.25, 0.3) is 11.1 Å². The topological polar surface area (TPSA) is 46.0 Å². The molecule has 0 unspecified atom stereocenters. The molecule has 0 aliphatic rings. The average Bonchev–Trinajstić information content (AvgIpc) is 2.42. The SMILES string of the molecule is O=c1[nH]c2c(Cl)c(Cl)c(Br)cc2o1. The van der Waals surface area contributed by atoms with Gasteiger partial charge < -0.3 is 4.42 Å². The van der Waals surface area contributed by atoms with Crippen molar-refractivity contribution in [3.05, 3.63) is 31.1 Å². The summed E-state index contributed by atoms with van der Waals surface area (Å²) in [4.78, 5) is 13.3. The van der Waals surface area contributed by atoms with Crippen molar-refractivity contribution in [2.24, 2.45) is 0 Å². The average molecular weight is 283 g/mol. The Labute approximate surface area is 90.8 Å². The molecule has 1 aromatic heterocycles. The van der Waals surface area contributed by atoms with E-state index in [1.807, 2.05) is 0 Å². The Hall–Kier alpha value is -0.450. The molecule has 1 heterocycles. The van der Waals surface area contributed by atoms with Crippen molar-refractivity contribution >= 4 is 50.2 Å². The van der Waals surface area contributed by atoms with Gasteiger partial charge in [0, 0.05) is 4.47 Å². The molecule has 0 saturated carbocycles. The van der Waals surface area contributed by atoms with Gasteiger partial charge in [-0.05, 0) is 22.0 Å². The number of nitrogens with one attached hydrogen (secondary N) is 1. The Balaban J connectivity index is 3.00. The zero-order valence-electron chi connectivity index (χ0n) is 6.03. The van der Waals surface area contributed by atoms with Crippen LogP contribution in [-0.2, 0) is 0 Å². The van der Waals surface area contributed by atoms with E-state index in [4.69, 9.17) is 27.6 Å². The fourth-order valence-electron chi connectivity index (χ4n) is 0.998. The summed E-state index contributed by atoms with van der Waals surface area (Å²) in [5.74, 6) is -0.550. The molecule has 2 rings (SSSR count). The fourth-order valence-corrected chi connectivity index (χ4v) is 1.91. The minimum Gasteiger partial charge on any atom is -0.408 e. The normalized spacial score (nSPS) is 11.0. The molecule has 68 valence electrons. The maximum Gasteiger partial charge on any atom is 0.417 e. The Bertz CT molecular complexity index is 531. The summed E-state index contributed by atoms with van der Waals surface area (Å²) < 4.78 is 5.39. The van der Waals surface area contributed by atoms with Crippen molar-refractivity contribution in [1.29, 1.82) is 0 Å². The van der Waals surface area contributed by atoms with E-state index in [2.05, 4.69) is 20.9 Å². The summed E-state index contributed by atoms with van der Waals surface area (Å²) in [7, 11) is 0. The van der Waals surface area contributed by atoms with Gasteiger partial charge in [-0.3, -0.25) is 4.98 Å². The Morgan fingerprint density at radius 3 is 2.77 bits per heavy atom. The molecule has 3 nitrogen and oxygen atoms in total. The van der Waals surface area contributed by atoms with Crippen molar-refractivity contribution in [2.75, 3.05) is 0 Å². The molecule has 0 atom stereocenters. The van der Waals surface area contributed by atoms with Crippen LogP contribution in [0.3, 0.4) is 0 Å². The van der Waals surface area contributed by atoms with Gasteiger partial charge in [0.05, 0.1) is 10.0 Å². The second-order valence-electron chi connectivity index (χ2n) is 2.37. The van der Waals surface area contributed by atoms with Crippen molar-refractivity contribution in [2.45, 2.75) is 0 Å². The first-order valence-corrected chi connectivity index (χ1v) is 4.81. The highest BCUT2D eigenvalue weighted by Crippen LogP contribution is 2.35. The summed E-state index contributed by atoms with van der Waals surface area (Å²) in [6, 6.07) is 1.58. The molecule has 0 radical (unpaired) electrons. The van der Waals surface area contributed by atoms with Crippen LogP contribution in [-0.4, -0.2) is 4.98 Å². The Morgan fingerprint density at radius 2 is 2.08 bits per heavy atom. The monoisotopic (exact) mass is 281 g/mol. The second-order valence-corrected chi connectivity index (χ2v) is 3.98. The van der Waals surface area contributed by atoms with Crippen LogP contribution in [0.15, 0.2) is 19.8 Å². The molecule has 1 N–H and O–H groups in total. The minimum absolute atomic E-state index is 0.275. The van der Waals surface area contributed by atoms with Gasteiger partial charge in [0.2, 0.25) is 0 Å². The highest BCUT2D eigenvalue weighted by Gasteiger charge is 2.12. The van der Waals surface area contributed by atoms with Gasteiger partial charge >= 0.3 is 5.76 Å².